The van der Waals surface area contributed by atoms with Gasteiger partial charge in [0.15, 0.2) is 11.5 Å². The second-order valence-corrected chi connectivity index (χ2v) is 6.08. The van der Waals surface area contributed by atoms with Gasteiger partial charge in [-0.1, -0.05) is 6.42 Å². The molecule has 1 aromatic rings. The van der Waals surface area contributed by atoms with Crippen LogP contribution in [0.5, 0.6) is 11.5 Å². The van der Waals surface area contributed by atoms with Crippen LogP contribution in [0.2, 0.25) is 0 Å². The Balaban J connectivity index is 1.77. The molecule has 3 nitrogen and oxygen atoms in total. The van der Waals surface area contributed by atoms with Crippen molar-refractivity contribution in [2.75, 3.05) is 13.3 Å². The number of nitrogens with zero attached hydrogens (tertiary/aromatic N) is 1. The molecule has 0 saturated heterocycles. The Morgan fingerprint density at radius 1 is 1.15 bits per heavy atom. The molecule has 1 aromatic carbocycles. The number of fused-ring (bicyclic) bond motifs is 2. The van der Waals surface area contributed by atoms with E-state index in [0.29, 0.717) is 24.5 Å². The topological polar surface area (TPSA) is 30.8 Å². The fraction of sp³-hybridized carbons (Fsp3) is 0.562. The van der Waals surface area contributed by atoms with Gasteiger partial charge in [0.25, 0.3) is 0 Å². The maximum atomic E-state index is 6.16. The van der Waals surface area contributed by atoms with Crippen LogP contribution in [0.1, 0.15) is 42.7 Å². The summed E-state index contributed by atoms with van der Waals surface area (Å²) < 4.78 is 11.0. The minimum absolute atomic E-state index is 0.314. The zero-order valence-electron chi connectivity index (χ0n) is 11.4. The fourth-order valence-corrected chi connectivity index (χ4v) is 4.02. The molecule has 0 amide bonds. The molecule has 0 bridgehead atoms. The number of ether oxygens (including phenoxy) is 2. The SMILES string of the molecule is ClCc1cc2c(cc1[C@@H]1CCC[C@@H]3CCN=C31)OCO2. The van der Waals surface area contributed by atoms with Gasteiger partial charge in [-0.2, -0.15) is 0 Å². The molecule has 0 aromatic heterocycles. The molecule has 0 N–H and O–H groups in total. The first-order chi connectivity index (χ1) is 9.86. The molecule has 3 aliphatic rings. The van der Waals surface area contributed by atoms with Crippen molar-refractivity contribution in [2.24, 2.45) is 10.9 Å². The van der Waals surface area contributed by atoms with E-state index in [1.165, 1.54) is 37.0 Å². The lowest BCUT2D eigenvalue weighted by molar-refractivity contribution is 0.174. The molecule has 0 unspecified atom stereocenters. The van der Waals surface area contributed by atoms with E-state index in [0.717, 1.165) is 23.6 Å². The molecule has 20 heavy (non-hydrogen) atoms. The lowest BCUT2D eigenvalue weighted by Gasteiger charge is -2.29. The van der Waals surface area contributed by atoms with Gasteiger partial charge in [0.05, 0.1) is 0 Å². The standard InChI is InChI=1S/C16H18ClNO2/c17-8-11-6-14-15(20-9-19-14)7-13(11)12-3-1-2-10-4-5-18-16(10)12/h6-7,10,12H,1-5,8-9H2/t10-,12+/m1/s1. The molecular weight excluding hydrogens is 274 g/mol. The van der Waals surface area contributed by atoms with Crippen molar-refractivity contribution < 1.29 is 9.47 Å². The average molecular weight is 292 g/mol. The Morgan fingerprint density at radius 3 is 2.85 bits per heavy atom. The first kappa shape index (κ1) is 12.5. The highest BCUT2D eigenvalue weighted by Crippen LogP contribution is 2.44. The third-order valence-electron chi connectivity index (χ3n) is 4.75. The van der Waals surface area contributed by atoms with Crippen molar-refractivity contribution in [3.8, 4) is 11.5 Å². The number of hydrogen-bond acceptors (Lipinski definition) is 3. The van der Waals surface area contributed by atoms with Crippen LogP contribution in [-0.4, -0.2) is 19.0 Å². The predicted molar refractivity (Wildman–Crippen MR) is 79.1 cm³/mol. The van der Waals surface area contributed by atoms with Gasteiger partial charge in [-0.05, 0) is 48.4 Å². The molecule has 4 rings (SSSR count). The van der Waals surface area contributed by atoms with E-state index in [9.17, 15) is 0 Å². The molecular formula is C16H18ClNO2. The van der Waals surface area contributed by atoms with Gasteiger partial charge in [-0.25, -0.2) is 0 Å². The quantitative estimate of drug-likeness (QED) is 0.774. The molecule has 4 heteroatoms. The Labute approximate surface area is 123 Å². The first-order valence-electron chi connectivity index (χ1n) is 7.39. The highest BCUT2D eigenvalue weighted by Gasteiger charge is 2.34. The van der Waals surface area contributed by atoms with Crippen molar-refractivity contribution in [1.82, 2.24) is 0 Å². The summed E-state index contributed by atoms with van der Waals surface area (Å²) >= 11 is 6.16. The molecule has 2 aliphatic heterocycles. The van der Waals surface area contributed by atoms with Crippen LogP contribution < -0.4 is 9.47 Å². The Kier molecular flexibility index (Phi) is 3.10. The van der Waals surface area contributed by atoms with Crippen LogP contribution in [0.25, 0.3) is 0 Å². The smallest absolute Gasteiger partial charge is 0.231 e. The van der Waals surface area contributed by atoms with E-state index >= 15 is 0 Å². The number of halogens is 1. The summed E-state index contributed by atoms with van der Waals surface area (Å²) in [6.45, 7) is 1.31. The monoisotopic (exact) mass is 291 g/mol. The van der Waals surface area contributed by atoms with Crippen molar-refractivity contribution >= 4 is 17.3 Å². The maximum Gasteiger partial charge on any atom is 0.231 e. The summed E-state index contributed by atoms with van der Waals surface area (Å²) in [4.78, 5) is 4.79. The van der Waals surface area contributed by atoms with Gasteiger partial charge >= 0.3 is 0 Å². The van der Waals surface area contributed by atoms with Gasteiger partial charge in [0.2, 0.25) is 6.79 Å². The molecule has 2 heterocycles. The molecule has 1 aliphatic carbocycles. The van der Waals surface area contributed by atoms with Crippen molar-refractivity contribution in [3.05, 3.63) is 23.3 Å². The number of hydrogen-bond donors (Lipinski definition) is 0. The Hall–Kier alpha value is -1.22. The third-order valence-corrected chi connectivity index (χ3v) is 5.03. The van der Waals surface area contributed by atoms with Crippen LogP contribution in [0, 0.1) is 5.92 Å². The van der Waals surface area contributed by atoms with Crippen LogP contribution in [0.4, 0.5) is 0 Å². The molecule has 0 radical (unpaired) electrons. The zero-order valence-corrected chi connectivity index (χ0v) is 12.2. The van der Waals surface area contributed by atoms with Crippen LogP contribution in [0.3, 0.4) is 0 Å². The molecule has 106 valence electrons. The van der Waals surface area contributed by atoms with E-state index in [1.807, 2.05) is 6.07 Å². The summed E-state index contributed by atoms with van der Waals surface area (Å²) in [5.41, 5.74) is 3.87. The van der Waals surface area contributed by atoms with E-state index in [1.54, 1.807) is 0 Å². The largest absolute Gasteiger partial charge is 0.454 e. The highest BCUT2D eigenvalue weighted by molar-refractivity contribution is 6.17. The first-order valence-corrected chi connectivity index (χ1v) is 7.93. The number of rotatable bonds is 2. The second-order valence-electron chi connectivity index (χ2n) is 5.81. The van der Waals surface area contributed by atoms with Gasteiger partial charge in [0.1, 0.15) is 0 Å². The Morgan fingerprint density at radius 2 is 2.00 bits per heavy atom. The zero-order chi connectivity index (χ0) is 13.5. The predicted octanol–water partition coefficient (Wildman–Crippen LogP) is 3.88. The summed E-state index contributed by atoms with van der Waals surface area (Å²) in [6, 6.07) is 4.18. The molecule has 2 atom stereocenters. The molecule has 1 saturated carbocycles. The average Bonchev–Trinajstić information content (AvgIpc) is 3.13. The lowest BCUT2D eigenvalue weighted by Crippen LogP contribution is -2.24. The maximum absolute atomic E-state index is 6.16. The minimum Gasteiger partial charge on any atom is -0.454 e. The van der Waals surface area contributed by atoms with Crippen LogP contribution >= 0.6 is 11.6 Å². The van der Waals surface area contributed by atoms with E-state index in [2.05, 4.69) is 6.07 Å². The molecule has 1 fully saturated rings. The highest BCUT2D eigenvalue weighted by atomic mass is 35.5. The summed E-state index contributed by atoms with van der Waals surface area (Å²) in [5.74, 6) is 3.32. The number of benzene rings is 1. The third kappa shape index (κ3) is 1.91. The summed E-state index contributed by atoms with van der Waals surface area (Å²) in [7, 11) is 0. The van der Waals surface area contributed by atoms with Crippen LogP contribution in [0.15, 0.2) is 17.1 Å². The van der Waals surface area contributed by atoms with Crippen LogP contribution in [-0.2, 0) is 5.88 Å². The minimum atomic E-state index is 0.314. The normalized spacial score (nSPS) is 27.4. The fourth-order valence-electron chi connectivity index (χ4n) is 3.78. The van der Waals surface area contributed by atoms with Crippen molar-refractivity contribution in [2.45, 2.75) is 37.5 Å². The number of aliphatic imine (C=N–C) groups is 1. The van der Waals surface area contributed by atoms with Gasteiger partial charge in [-0.3, -0.25) is 4.99 Å². The Bertz CT molecular complexity index is 570. The van der Waals surface area contributed by atoms with Crippen molar-refractivity contribution in [3.63, 3.8) is 0 Å². The van der Waals surface area contributed by atoms with E-state index < -0.39 is 0 Å². The van der Waals surface area contributed by atoms with Gasteiger partial charge in [-0.15, -0.1) is 11.6 Å². The van der Waals surface area contributed by atoms with Crippen molar-refractivity contribution in [1.29, 1.82) is 0 Å². The van der Waals surface area contributed by atoms with Gasteiger partial charge < -0.3 is 9.47 Å². The lowest BCUT2D eigenvalue weighted by atomic mass is 9.75. The second kappa shape index (κ2) is 4.96. The van der Waals surface area contributed by atoms with E-state index in [-0.39, 0.29) is 0 Å². The number of alkyl halides is 1. The molecule has 0 spiro atoms. The summed E-state index contributed by atoms with van der Waals surface area (Å²) in [6.07, 6.45) is 4.99. The van der Waals surface area contributed by atoms with E-state index in [4.69, 9.17) is 26.1 Å². The van der Waals surface area contributed by atoms with Gasteiger partial charge in [0, 0.05) is 24.1 Å². The summed E-state index contributed by atoms with van der Waals surface area (Å²) in [5, 5.41) is 0.